The number of aliphatic carboxylic acids is 1. The minimum atomic E-state index is -4.28. The fraction of sp³-hybridized carbons (Fsp3) is 0.367. The second kappa shape index (κ2) is 18.0. The first-order valence-corrected chi connectivity index (χ1v) is 15.2. The Morgan fingerprint density at radius 3 is 2.11 bits per heavy atom. The van der Waals surface area contributed by atoms with E-state index in [1.165, 1.54) is 12.1 Å². The van der Waals surface area contributed by atoms with Gasteiger partial charge in [0.2, 0.25) is 0 Å². The van der Waals surface area contributed by atoms with E-state index in [1.807, 2.05) is 29.0 Å². The number of nitrogens with zero attached hydrogens (tertiary/aromatic N) is 2. The second-order valence-corrected chi connectivity index (χ2v) is 10.6. The lowest BCUT2D eigenvalue weighted by Gasteiger charge is -2.08. The zero-order valence-electron chi connectivity index (χ0n) is 24.3. The number of fused-ring (bicyclic) bond motifs is 1. The average Bonchev–Trinajstić information content (AvgIpc) is 3.40. The Hall–Kier alpha value is -3.92. The van der Waals surface area contributed by atoms with Crippen LogP contribution < -0.4 is 4.57 Å². The van der Waals surface area contributed by atoms with Crippen molar-refractivity contribution in [3.05, 3.63) is 72.4 Å². The molecule has 2 aromatic heterocycles. The molecule has 14 heteroatoms. The number of pyridine rings is 1. The highest BCUT2D eigenvalue weighted by Crippen LogP contribution is 2.25. The Kier molecular flexibility index (Phi) is 14.2. The van der Waals surface area contributed by atoms with E-state index in [4.69, 9.17) is 28.5 Å². The van der Waals surface area contributed by atoms with Gasteiger partial charge in [-0.25, -0.2) is 13.4 Å². The molecule has 13 nitrogen and oxygen atoms in total. The maximum Gasteiger partial charge on any atom is 0.305 e. The first kappa shape index (κ1) is 34.6. The van der Waals surface area contributed by atoms with Crippen LogP contribution in [0.2, 0.25) is 0 Å². The van der Waals surface area contributed by atoms with Gasteiger partial charge in [0.1, 0.15) is 28.0 Å². The summed E-state index contributed by atoms with van der Waals surface area (Å²) in [4.78, 5) is 14.7. The Balaban J connectivity index is 0.000000404. The Morgan fingerprint density at radius 2 is 1.50 bits per heavy atom. The zero-order chi connectivity index (χ0) is 31.8. The normalized spacial score (nSPS) is 11.3. The average molecular weight is 633 g/mol. The maximum absolute atomic E-state index is 10.5. The summed E-state index contributed by atoms with van der Waals surface area (Å²) < 4.78 is 60.9. The van der Waals surface area contributed by atoms with Crippen LogP contribution in [0.3, 0.4) is 0 Å². The van der Waals surface area contributed by atoms with Crippen LogP contribution in [0.25, 0.3) is 22.7 Å². The Bertz CT molecular complexity index is 1570. The molecule has 0 saturated heterocycles. The number of aromatic hydroxyl groups is 1. The second-order valence-electron chi connectivity index (χ2n) is 9.26. The molecule has 0 aliphatic rings. The minimum Gasteiger partial charge on any atom is -0.744 e. The van der Waals surface area contributed by atoms with Crippen molar-refractivity contribution in [2.75, 3.05) is 52.9 Å². The molecule has 0 aliphatic carbocycles. The van der Waals surface area contributed by atoms with E-state index in [9.17, 15) is 22.9 Å². The van der Waals surface area contributed by atoms with E-state index in [0.29, 0.717) is 75.3 Å². The third-order valence-electron chi connectivity index (χ3n) is 5.95. The summed E-state index contributed by atoms with van der Waals surface area (Å²) >= 11 is 0. The third-order valence-corrected chi connectivity index (χ3v) is 6.94. The van der Waals surface area contributed by atoms with Gasteiger partial charge < -0.3 is 38.1 Å². The summed E-state index contributed by atoms with van der Waals surface area (Å²) in [6.07, 6.45) is 1.93. The molecule has 2 N–H and O–H groups in total. The number of aromatic nitrogens is 2. The number of carboxylic acids is 1. The van der Waals surface area contributed by atoms with Gasteiger partial charge in [0, 0.05) is 18.2 Å². The molecule has 0 atom stereocenters. The van der Waals surface area contributed by atoms with E-state index in [2.05, 4.69) is 4.98 Å². The highest BCUT2D eigenvalue weighted by molar-refractivity contribution is 7.85. The number of oxazole rings is 1. The number of phenolic OH excluding ortho intramolecular Hbond substituents is 1. The van der Waals surface area contributed by atoms with E-state index in [0.717, 1.165) is 5.69 Å². The van der Waals surface area contributed by atoms with Crippen LogP contribution in [0.1, 0.15) is 12.0 Å². The number of carbonyl (C=O) groups is 1. The van der Waals surface area contributed by atoms with Crippen molar-refractivity contribution < 1.29 is 55.9 Å². The molecule has 0 fully saturated rings. The molecule has 0 amide bonds. The predicted molar refractivity (Wildman–Crippen MR) is 156 cm³/mol. The number of benzene rings is 2. The molecule has 2 aromatic carbocycles. The summed E-state index contributed by atoms with van der Waals surface area (Å²) in [5, 5.41) is 18.1. The monoisotopic (exact) mass is 632 g/mol. The molecule has 238 valence electrons. The van der Waals surface area contributed by atoms with Gasteiger partial charge in [-0.3, -0.25) is 4.79 Å². The Morgan fingerprint density at radius 1 is 0.886 bits per heavy atom. The number of phenols is 1. The quantitative estimate of drug-likeness (QED) is 0.0988. The van der Waals surface area contributed by atoms with Crippen molar-refractivity contribution in [3.63, 3.8) is 0 Å². The topological polar surface area (TPSA) is 182 Å². The molecule has 0 radical (unpaired) electrons. The van der Waals surface area contributed by atoms with Crippen LogP contribution >= 0.6 is 0 Å². The summed E-state index contributed by atoms with van der Waals surface area (Å²) in [6.45, 7) is 5.46. The fourth-order valence-electron chi connectivity index (χ4n) is 3.81. The summed E-state index contributed by atoms with van der Waals surface area (Å²) in [5.41, 5.74) is 2.52. The van der Waals surface area contributed by atoms with Crippen LogP contribution in [0.4, 0.5) is 0 Å². The van der Waals surface area contributed by atoms with Crippen LogP contribution in [0, 0.1) is 6.92 Å². The zero-order valence-corrected chi connectivity index (χ0v) is 25.1. The Labute approximate surface area is 255 Å². The summed E-state index contributed by atoms with van der Waals surface area (Å²) in [6, 6.07) is 16.7. The van der Waals surface area contributed by atoms with Gasteiger partial charge in [0.15, 0.2) is 18.3 Å². The van der Waals surface area contributed by atoms with Crippen molar-refractivity contribution >= 4 is 27.2 Å². The van der Waals surface area contributed by atoms with Crippen LogP contribution in [0.15, 0.2) is 76.2 Å². The highest BCUT2D eigenvalue weighted by Gasteiger charge is 2.18. The lowest BCUT2D eigenvalue weighted by atomic mass is 10.2. The molecule has 2 heterocycles. The smallest absolute Gasteiger partial charge is 0.305 e. The molecule has 4 rings (SSSR count). The van der Waals surface area contributed by atoms with Gasteiger partial charge in [-0.15, -0.1) is 0 Å². The van der Waals surface area contributed by atoms with Crippen LogP contribution in [-0.2, 0) is 40.4 Å². The lowest BCUT2D eigenvalue weighted by molar-refractivity contribution is -0.688. The molecular formula is C30H36N2O11S. The van der Waals surface area contributed by atoms with E-state index in [-0.39, 0.29) is 23.7 Å². The number of rotatable bonds is 17. The van der Waals surface area contributed by atoms with Crippen molar-refractivity contribution in [2.45, 2.75) is 24.8 Å². The molecule has 0 unspecified atom stereocenters. The minimum absolute atomic E-state index is 0.00458. The van der Waals surface area contributed by atoms with Gasteiger partial charge >= 0.3 is 5.97 Å². The highest BCUT2D eigenvalue weighted by atomic mass is 32.2. The number of ether oxygens (including phenoxy) is 4. The molecule has 0 aliphatic heterocycles. The largest absolute Gasteiger partial charge is 0.744 e. The van der Waals surface area contributed by atoms with Crippen LogP contribution in [-0.4, -0.2) is 87.0 Å². The van der Waals surface area contributed by atoms with Crippen molar-refractivity contribution in [1.82, 2.24) is 4.98 Å². The fourth-order valence-corrected chi connectivity index (χ4v) is 4.52. The van der Waals surface area contributed by atoms with Gasteiger partial charge in [0.05, 0.1) is 57.6 Å². The SMILES string of the molecule is Cc1ccccc1S(=O)(=O)[O-].O=C(O)CCOCCOCCOCCOCC[n+]1ccccc1-c1nc2ccc(O)cc2o1. The van der Waals surface area contributed by atoms with Crippen LogP contribution in [0.5, 0.6) is 5.75 Å². The number of aryl methyl sites for hydroxylation is 1. The predicted octanol–water partition coefficient (Wildman–Crippen LogP) is 2.93. The summed E-state index contributed by atoms with van der Waals surface area (Å²) in [7, 11) is -4.28. The molecule has 0 spiro atoms. The number of hydrogen-bond acceptors (Lipinski definition) is 11. The standard InChI is InChI=1S/C23H28N2O8.C7H8O3S/c26-18-4-5-19-21(17-18)33-23(24-19)20-3-1-2-7-25(20)8-10-30-12-14-32-16-15-31-13-11-29-9-6-22(27)28;1-6-4-2-3-5-7(6)11(8,9)10/h1-5,7,17H,6,8-16H2,(H,27,28);2-5H,1H3,(H,8,9,10). The maximum atomic E-state index is 10.5. The van der Waals surface area contributed by atoms with E-state index in [1.54, 1.807) is 37.3 Å². The molecule has 0 bridgehead atoms. The van der Waals surface area contributed by atoms with Crippen molar-refractivity contribution in [1.29, 1.82) is 0 Å². The number of hydrogen-bond donors (Lipinski definition) is 2. The van der Waals surface area contributed by atoms with Crippen molar-refractivity contribution in [3.8, 4) is 17.3 Å². The van der Waals surface area contributed by atoms with Gasteiger partial charge in [0.25, 0.3) is 11.6 Å². The molecule has 0 saturated carbocycles. The number of carboxylic acid groups (broad SMARTS) is 1. The molecular weight excluding hydrogens is 596 g/mol. The first-order valence-electron chi connectivity index (χ1n) is 13.8. The van der Waals surface area contributed by atoms with E-state index < -0.39 is 16.1 Å². The molecule has 44 heavy (non-hydrogen) atoms. The lowest BCUT2D eigenvalue weighted by Crippen LogP contribution is -2.38. The van der Waals surface area contributed by atoms with Gasteiger partial charge in [-0.2, -0.15) is 4.57 Å². The van der Waals surface area contributed by atoms with Gasteiger partial charge in [-0.1, -0.05) is 18.2 Å². The van der Waals surface area contributed by atoms with E-state index >= 15 is 0 Å². The molecule has 4 aromatic rings. The summed E-state index contributed by atoms with van der Waals surface area (Å²) in [5.74, 6) is -0.262. The third kappa shape index (κ3) is 12.0. The van der Waals surface area contributed by atoms with Gasteiger partial charge in [-0.05, 0) is 36.8 Å². The first-order chi connectivity index (χ1) is 21.1. The van der Waals surface area contributed by atoms with Crippen molar-refractivity contribution in [2.24, 2.45) is 0 Å².